The van der Waals surface area contributed by atoms with Crippen LogP contribution in [-0.4, -0.2) is 30.4 Å². The molecule has 11 heteroatoms. The van der Waals surface area contributed by atoms with Gasteiger partial charge in [0.1, 0.15) is 11.3 Å². The van der Waals surface area contributed by atoms with Crippen molar-refractivity contribution in [2.75, 3.05) is 16.8 Å². The minimum atomic E-state index is -0.867. The quantitative estimate of drug-likeness (QED) is 0.259. The molecule has 3 aromatic carbocycles. The number of hydrogen-bond acceptors (Lipinski definition) is 5. The normalized spacial score (nSPS) is 14.5. The Hall–Kier alpha value is -3.66. The average molecular weight is 617 g/mol. The van der Waals surface area contributed by atoms with E-state index in [1.165, 1.54) is 12.1 Å². The van der Waals surface area contributed by atoms with Crippen molar-refractivity contribution < 1.29 is 23.9 Å². The summed E-state index contributed by atoms with van der Waals surface area (Å²) in [6.07, 6.45) is 1.36. The lowest BCUT2D eigenvalue weighted by molar-refractivity contribution is -0.122. The van der Waals surface area contributed by atoms with Gasteiger partial charge in [-0.15, -0.1) is 0 Å². The topological polar surface area (TPSA) is 105 Å². The van der Waals surface area contributed by atoms with Crippen LogP contribution in [-0.2, 0) is 14.4 Å². The zero-order chi connectivity index (χ0) is 27.6. The number of urea groups is 1. The van der Waals surface area contributed by atoms with Gasteiger partial charge in [-0.2, -0.15) is 0 Å². The van der Waals surface area contributed by atoms with Gasteiger partial charge in [0, 0.05) is 15.7 Å². The van der Waals surface area contributed by atoms with Crippen molar-refractivity contribution in [1.29, 1.82) is 0 Å². The predicted octanol–water partition coefficient (Wildman–Crippen LogP) is 6.06. The molecule has 5 amide bonds. The fraction of sp³-hybridized carbons (Fsp3) is 0.111. The highest BCUT2D eigenvalue weighted by Crippen LogP contribution is 2.29. The monoisotopic (exact) mass is 615 g/mol. The van der Waals surface area contributed by atoms with Crippen LogP contribution in [0.3, 0.4) is 0 Å². The van der Waals surface area contributed by atoms with E-state index in [2.05, 4.69) is 26.6 Å². The highest BCUT2D eigenvalue weighted by Gasteiger charge is 2.37. The van der Waals surface area contributed by atoms with Crippen molar-refractivity contribution in [1.82, 2.24) is 5.32 Å². The third-order valence-electron chi connectivity index (χ3n) is 5.60. The Labute approximate surface area is 236 Å². The van der Waals surface area contributed by atoms with E-state index in [1.54, 1.807) is 55.5 Å². The maximum atomic E-state index is 13.1. The molecule has 0 aliphatic carbocycles. The third kappa shape index (κ3) is 6.07. The lowest BCUT2D eigenvalue weighted by Crippen LogP contribution is -2.54. The summed E-state index contributed by atoms with van der Waals surface area (Å²) in [4.78, 5) is 51.1. The van der Waals surface area contributed by atoms with Crippen molar-refractivity contribution in [3.8, 4) is 5.75 Å². The number of aryl methyl sites for hydroxylation is 2. The second-order valence-corrected chi connectivity index (χ2v) is 10.1. The average Bonchev–Trinajstić information content (AvgIpc) is 2.85. The molecule has 1 heterocycles. The van der Waals surface area contributed by atoms with Crippen LogP contribution in [0.25, 0.3) is 6.08 Å². The molecule has 4 rings (SSSR count). The summed E-state index contributed by atoms with van der Waals surface area (Å²) < 4.78 is 6.08. The highest BCUT2D eigenvalue weighted by atomic mass is 79.9. The maximum Gasteiger partial charge on any atom is 0.335 e. The molecule has 0 unspecified atom stereocenters. The molecule has 0 bridgehead atoms. The molecular weight excluding hydrogens is 597 g/mol. The number of rotatable bonds is 6. The summed E-state index contributed by atoms with van der Waals surface area (Å²) in [5, 5.41) is 5.80. The number of benzene rings is 3. The Morgan fingerprint density at radius 3 is 2.34 bits per heavy atom. The fourth-order valence-electron chi connectivity index (χ4n) is 3.51. The predicted molar refractivity (Wildman–Crippen MR) is 150 cm³/mol. The molecule has 194 valence electrons. The van der Waals surface area contributed by atoms with Gasteiger partial charge in [-0.1, -0.05) is 41.4 Å². The van der Waals surface area contributed by atoms with Gasteiger partial charge in [0.2, 0.25) is 0 Å². The first-order chi connectivity index (χ1) is 18.0. The number of carbonyl (C=O) groups is 4. The molecule has 38 heavy (non-hydrogen) atoms. The van der Waals surface area contributed by atoms with Gasteiger partial charge in [0.05, 0.1) is 10.2 Å². The molecule has 8 nitrogen and oxygen atoms in total. The molecule has 1 saturated heterocycles. The first-order valence-electron chi connectivity index (χ1n) is 11.2. The summed E-state index contributed by atoms with van der Waals surface area (Å²) in [5.74, 6) is -1.62. The largest absolute Gasteiger partial charge is 0.483 e. The number of nitrogens with one attached hydrogen (secondary N) is 2. The molecule has 1 fully saturated rings. The summed E-state index contributed by atoms with van der Waals surface area (Å²) in [6.45, 7) is 3.39. The first-order valence-corrected chi connectivity index (χ1v) is 12.7. The van der Waals surface area contributed by atoms with Crippen molar-refractivity contribution >= 4 is 80.3 Å². The van der Waals surface area contributed by atoms with E-state index in [-0.39, 0.29) is 23.8 Å². The lowest BCUT2D eigenvalue weighted by atomic mass is 10.1. The van der Waals surface area contributed by atoms with Gasteiger partial charge in [-0.25, -0.2) is 9.69 Å². The van der Waals surface area contributed by atoms with Crippen molar-refractivity contribution in [2.24, 2.45) is 0 Å². The van der Waals surface area contributed by atoms with E-state index in [4.69, 9.17) is 27.9 Å². The highest BCUT2D eigenvalue weighted by molar-refractivity contribution is 9.10. The van der Waals surface area contributed by atoms with Crippen LogP contribution in [0.4, 0.5) is 16.2 Å². The van der Waals surface area contributed by atoms with Crippen LogP contribution < -0.4 is 20.3 Å². The number of imide groups is 2. The van der Waals surface area contributed by atoms with Crippen LogP contribution in [0.15, 0.2) is 64.6 Å². The SMILES string of the molecule is Cc1ccc(NC(=O)COc2ccc(/C=C3\C(=O)NC(=O)N(c4ccc(C)c(Cl)c4)C3=O)cc2Br)cc1Cl. The number of amides is 5. The van der Waals surface area contributed by atoms with Gasteiger partial charge in [0.15, 0.2) is 6.61 Å². The van der Waals surface area contributed by atoms with Gasteiger partial charge in [-0.05, 0) is 88.9 Å². The smallest absolute Gasteiger partial charge is 0.335 e. The Morgan fingerprint density at radius 2 is 1.68 bits per heavy atom. The number of carbonyl (C=O) groups excluding carboxylic acids is 4. The third-order valence-corrected chi connectivity index (χ3v) is 7.03. The standard InChI is InChI=1S/C27H20BrCl2N3O5/c1-14-3-6-17(11-21(14)29)31-24(34)13-38-23-8-5-16(10-20(23)28)9-19-25(35)32-27(37)33(26(19)36)18-7-4-15(2)22(30)12-18/h3-12H,13H2,1-2H3,(H,31,34)(H,32,35,37)/b19-9+. The summed E-state index contributed by atoms with van der Waals surface area (Å²) in [7, 11) is 0. The Balaban J connectivity index is 1.48. The van der Waals surface area contributed by atoms with Gasteiger partial charge < -0.3 is 10.1 Å². The lowest BCUT2D eigenvalue weighted by Gasteiger charge is -2.26. The van der Waals surface area contributed by atoms with E-state index in [0.717, 1.165) is 16.0 Å². The van der Waals surface area contributed by atoms with E-state index in [1.807, 2.05) is 6.92 Å². The van der Waals surface area contributed by atoms with E-state index in [0.29, 0.717) is 31.5 Å². The molecule has 0 spiro atoms. The second kappa shape index (κ2) is 11.4. The number of ether oxygens (including phenoxy) is 1. The van der Waals surface area contributed by atoms with Gasteiger partial charge >= 0.3 is 6.03 Å². The Bertz CT molecular complexity index is 1520. The molecule has 3 aromatic rings. The van der Waals surface area contributed by atoms with Crippen molar-refractivity contribution in [2.45, 2.75) is 13.8 Å². The Kier molecular flexibility index (Phi) is 8.20. The van der Waals surface area contributed by atoms with E-state index < -0.39 is 17.8 Å². The van der Waals surface area contributed by atoms with E-state index >= 15 is 0 Å². The molecule has 0 saturated carbocycles. The number of nitrogens with zero attached hydrogens (tertiary/aromatic N) is 1. The zero-order valence-electron chi connectivity index (χ0n) is 20.1. The molecule has 0 atom stereocenters. The minimum Gasteiger partial charge on any atom is -0.483 e. The van der Waals surface area contributed by atoms with Crippen molar-refractivity contribution in [3.05, 3.63) is 91.4 Å². The summed E-state index contributed by atoms with van der Waals surface area (Å²) >= 11 is 15.6. The van der Waals surface area contributed by atoms with Gasteiger partial charge in [-0.3, -0.25) is 19.7 Å². The van der Waals surface area contributed by atoms with Gasteiger partial charge in [0.25, 0.3) is 17.7 Å². The summed E-state index contributed by atoms with van der Waals surface area (Å²) in [5.41, 5.74) is 2.70. The van der Waals surface area contributed by atoms with Crippen LogP contribution in [0.1, 0.15) is 16.7 Å². The van der Waals surface area contributed by atoms with E-state index in [9.17, 15) is 19.2 Å². The van der Waals surface area contributed by atoms with Crippen LogP contribution >= 0.6 is 39.1 Å². The zero-order valence-corrected chi connectivity index (χ0v) is 23.2. The summed E-state index contributed by atoms with van der Waals surface area (Å²) in [6, 6.07) is 13.8. The molecule has 0 aromatic heterocycles. The van der Waals surface area contributed by atoms with Crippen LogP contribution in [0.5, 0.6) is 5.75 Å². The van der Waals surface area contributed by atoms with Crippen molar-refractivity contribution in [3.63, 3.8) is 0 Å². The molecule has 1 aliphatic rings. The second-order valence-electron chi connectivity index (χ2n) is 8.38. The fourth-order valence-corrected chi connectivity index (χ4v) is 4.38. The molecule has 2 N–H and O–H groups in total. The number of hydrogen-bond donors (Lipinski definition) is 2. The van der Waals surface area contributed by atoms with Crippen LogP contribution in [0.2, 0.25) is 10.0 Å². The number of barbiturate groups is 1. The van der Waals surface area contributed by atoms with Crippen LogP contribution in [0, 0.1) is 13.8 Å². The molecule has 0 radical (unpaired) electrons. The molecular formula is C27H20BrCl2N3O5. The molecule has 1 aliphatic heterocycles. The maximum absolute atomic E-state index is 13.1. The minimum absolute atomic E-state index is 0.234. The first kappa shape index (κ1) is 27.4. The number of halogens is 3. The Morgan fingerprint density at radius 1 is 1.00 bits per heavy atom. The number of anilines is 2.